The first-order valence-corrected chi connectivity index (χ1v) is 11.8. The number of halogens is 1. The molecule has 0 amide bonds. The minimum atomic E-state index is -3.75. The number of ketones is 1. The Balaban J connectivity index is 1.84. The molecule has 3 rings (SSSR count). The summed E-state index contributed by atoms with van der Waals surface area (Å²) in [6.07, 6.45) is 0.196. The van der Waals surface area contributed by atoms with Gasteiger partial charge in [-0.3, -0.25) is 9.52 Å². The summed E-state index contributed by atoms with van der Waals surface area (Å²) in [5.41, 5.74) is 4.43. The third kappa shape index (κ3) is 4.54. The molecular formula is C21H20BrNO3S2. The van der Waals surface area contributed by atoms with Crippen LogP contribution in [-0.4, -0.2) is 14.2 Å². The minimum absolute atomic E-state index is 0.124. The second-order valence-corrected chi connectivity index (χ2v) is 10.2. The van der Waals surface area contributed by atoms with Crippen molar-refractivity contribution in [1.82, 2.24) is 0 Å². The van der Waals surface area contributed by atoms with Crippen molar-refractivity contribution in [1.29, 1.82) is 0 Å². The maximum Gasteiger partial charge on any atom is 0.261 e. The lowest BCUT2D eigenvalue weighted by Crippen LogP contribution is -2.15. The lowest BCUT2D eigenvalue weighted by atomic mass is 10.0. The Labute approximate surface area is 177 Å². The number of aryl methyl sites for hydroxylation is 3. The van der Waals surface area contributed by atoms with E-state index in [-0.39, 0.29) is 17.1 Å². The number of sulfonamides is 1. The van der Waals surface area contributed by atoms with Crippen LogP contribution >= 0.6 is 27.3 Å². The molecule has 0 aliphatic heterocycles. The lowest BCUT2D eigenvalue weighted by molar-refractivity contribution is 0.0997. The van der Waals surface area contributed by atoms with E-state index in [0.29, 0.717) is 10.6 Å². The standard InChI is InChI=1S/C21H20BrNO3S2/c1-13-4-6-17(7-5-13)28(25,26)23-19-8-9-27-21(19)20(24)12-16-10-14(2)15(3)11-18(16)22/h4-11,23H,12H2,1-3H3. The van der Waals surface area contributed by atoms with Crippen LogP contribution in [0.1, 0.15) is 31.9 Å². The van der Waals surface area contributed by atoms with E-state index in [2.05, 4.69) is 20.7 Å². The number of Topliss-reactive ketones (excluding diaryl/α,β-unsaturated/α-hetero) is 1. The highest BCUT2D eigenvalue weighted by molar-refractivity contribution is 9.10. The summed E-state index contributed by atoms with van der Waals surface area (Å²) in [5, 5.41) is 1.72. The predicted molar refractivity (Wildman–Crippen MR) is 118 cm³/mol. The summed E-state index contributed by atoms with van der Waals surface area (Å²) in [6.45, 7) is 5.91. The Morgan fingerprint density at radius 1 is 1.04 bits per heavy atom. The fraction of sp³-hybridized carbons (Fsp3) is 0.190. The van der Waals surface area contributed by atoms with Gasteiger partial charge in [0, 0.05) is 10.9 Å². The summed E-state index contributed by atoms with van der Waals surface area (Å²) in [6, 6.07) is 12.2. The van der Waals surface area contributed by atoms with Crippen LogP contribution in [0.3, 0.4) is 0 Å². The summed E-state index contributed by atoms with van der Waals surface area (Å²) in [4.78, 5) is 13.4. The van der Waals surface area contributed by atoms with Crippen LogP contribution in [0.15, 0.2) is 57.2 Å². The zero-order valence-electron chi connectivity index (χ0n) is 15.7. The van der Waals surface area contributed by atoms with Crippen LogP contribution in [0.4, 0.5) is 5.69 Å². The van der Waals surface area contributed by atoms with E-state index >= 15 is 0 Å². The van der Waals surface area contributed by atoms with Gasteiger partial charge in [-0.1, -0.05) is 39.7 Å². The van der Waals surface area contributed by atoms with Crippen LogP contribution in [-0.2, 0) is 16.4 Å². The van der Waals surface area contributed by atoms with Gasteiger partial charge in [0.1, 0.15) is 0 Å². The molecule has 0 bridgehead atoms. The quantitative estimate of drug-likeness (QED) is 0.465. The van der Waals surface area contributed by atoms with Crippen molar-refractivity contribution in [2.75, 3.05) is 4.72 Å². The largest absolute Gasteiger partial charge is 0.293 e. The Hall–Kier alpha value is -1.96. The van der Waals surface area contributed by atoms with Crippen molar-refractivity contribution in [3.63, 3.8) is 0 Å². The number of benzene rings is 2. The van der Waals surface area contributed by atoms with Crippen molar-refractivity contribution in [2.24, 2.45) is 0 Å². The highest BCUT2D eigenvalue weighted by Gasteiger charge is 2.21. The third-order valence-corrected chi connectivity index (χ3v) is 7.58. The van der Waals surface area contributed by atoms with E-state index in [4.69, 9.17) is 0 Å². The molecule has 7 heteroatoms. The molecule has 0 saturated heterocycles. The van der Waals surface area contributed by atoms with Gasteiger partial charge in [0.25, 0.3) is 10.0 Å². The van der Waals surface area contributed by atoms with Gasteiger partial charge < -0.3 is 0 Å². The SMILES string of the molecule is Cc1ccc(S(=O)(=O)Nc2ccsc2C(=O)Cc2cc(C)c(C)cc2Br)cc1. The Morgan fingerprint density at radius 3 is 2.36 bits per heavy atom. The number of rotatable bonds is 6. The van der Waals surface area contributed by atoms with Gasteiger partial charge in [0.15, 0.2) is 5.78 Å². The highest BCUT2D eigenvalue weighted by Crippen LogP contribution is 2.29. The third-order valence-electron chi connectivity index (χ3n) is 4.51. The molecule has 0 aliphatic rings. The smallest absolute Gasteiger partial charge is 0.261 e. The second kappa shape index (κ2) is 8.19. The van der Waals surface area contributed by atoms with Gasteiger partial charge in [-0.2, -0.15) is 0 Å². The molecule has 0 aliphatic carbocycles. The fourth-order valence-electron chi connectivity index (χ4n) is 2.76. The van der Waals surface area contributed by atoms with Crippen molar-refractivity contribution in [2.45, 2.75) is 32.1 Å². The molecule has 1 heterocycles. The van der Waals surface area contributed by atoms with Crippen molar-refractivity contribution in [3.05, 3.63) is 79.4 Å². The van der Waals surface area contributed by atoms with E-state index in [9.17, 15) is 13.2 Å². The number of thiophene rings is 1. The molecule has 0 atom stereocenters. The Bertz CT molecular complexity index is 1130. The van der Waals surface area contributed by atoms with Crippen molar-refractivity contribution in [3.8, 4) is 0 Å². The fourth-order valence-corrected chi connectivity index (χ4v) is 5.28. The van der Waals surface area contributed by atoms with Gasteiger partial charge in [-0.15, -0.1) is 11.3 Å². The molecule has 28 heavy (non-hydrogen) atoms. The van der Waals surface area contributed by atoms with Gasteiger partial charge in [-0.25, -0.2) is 8.42 Å². The van der Waals surface area contributed by atoms with Crippen LogP contribution in [0.5, 0.6) is 0 Å². The number of hydrogen-bond acceptors (Lipinski definition) is 4. The first-order chi connectivity index (χ1) is 13.2. The van der Waals surface area contributed by atoms with Gasteiger partial charge in [0.2, 0.25) is 0 Å². The molecule has 0 radical (unpaired) electrons. The normalized spacial score (nSPS) is 11.4. The summed E-state index contributed by atoms with van der Waals surface area (Å²) >= 11 is 4.75. The van der Waals surface area contributed by atoms with Gasteiger partial charge >= 0.3 is 0 Å². The first-order valence-electron chi connectivity index (χ1n) is 8.63. The molecule has 2 aromatic carbocycles. The number of nitrogens with one attached hydrogen (secondary N) is 1. The number of carbonyl (C=O) groups excluding carboxylic acids is 1. The molecule has 3 aromatic rings. The molecule has 1 aromatic heterocycles. The molecule has 0 unspecified atom stereocenters. The van der Waals surface area contributed by atoms with Gasteiger partial charge in [-0.05, 0) is 67.1 Å². The maximum absolute atomic E-state index is 12.9. The highest BCUT2D eigenvalue weighted by atomic mass is 79.9. The predicted octanol–water partition coefficient (Wildman–Crippen LogP) is 5.66. The van der Waals surface area contributed by atoms with Gasteiger partial charge in [0.05, 0.1) is 15.5 Å². The zero-order chi connectivity index (χ0) is 20.5. The summed E-state index contributed by atoms with van der Waals surface area (Å²) in [5.74, 6) is -0.124. The van der Waals surface area contributed by atoms with E-state index in [1.54, 1.807) is 35.7 Å². The molecule has 0 fully saturated rings. The number of hydrogen-bond donors (Lipinski definition) is 1. The summed E-state index contributed by atoms with van der Waals surface area (Å²) in [7, 11) is -3.75. The van der Waals surface area contributed by atoms with Crippen LogP contribution in [0.25, 0.3) is 0 Å². The Morgan fingerprint density at radius 2 is 1.68 bits per heavy atom. The Kier molecular flexibility index (Phi) is 6.07. The maximum atomic E-state index is 12.9. The number of carbonyl (C=O) groups is 1. The van der Waals surface area contributed by atoms with E-state index < -0.39 is 10.0 Å². The van der Waals surface area contributed by atoms with Crippen LogP contribution in [0, 0.1) is 20.8 Å². The van der Waals surface area contributed by atoms with E-state index in [1.165, 1.54) is 11.3 Å². The minimum Gasteiger partial charge on any atom is -0.293 e. The van der Waals surface area contributed by atoms with Crippen molar-refractivity contribution >= 4 is 48.8 Å². The molecule has 146 valence electrons. The first kappa shape index (κ1) is 20.8. The van der Waals surface area contributed by atoms with Crippen LogP contribution < -0.4 is 4.72 Å². The van der Waals surface area contributed by atoms with E-state index in [0.717, 1.165) is 26.7 Å². The molecule has 1 N–H and O–H groups in total. The molecule has 0 spiro atoms. The topological polar surface area (TPSA) is 63.2 Å². The second-order valence-electron chi connectivity index (χ2n) is 6.71. The molecule has 4 nitrogen and oxygen atoms in total. The average Bonchev–Trinajstić information content (AvgIpc) is 3.07. The van der Waals surface area contributed by atoms with Crippen molar-refractivity contribution < 1.29 is 13.2 Å². The van der Waals surface area contributed by atoms with Crippen LogP contribution in [0.2, 0.25) is 0 Å². The average molecular weight is 478 g/mol. The lowest BCUT2D eigenvalue weighted by Gasteiger charge is -2.10. The monoisotopic (exact) mass is 477 g/mol. The zero-order valence-corrected chi connectivity index (χ0v) is 19.0. The van der Waals surface area contributed by atoms with E-state index in [1.807, 2.05) is 32.9 Å². The summed E-state index contributed by atoms with van der Waals surface area (Å²) < 4.78 is 28.7. The molecular weight excluding hydrogens is 458 g/mol. The molecule has 0 saturated carbocycles. The number of anilines is 1.